The molecule has 16 heavy (non-hydrogen) atoms. The molecule has 0 atom stereocenters. The maximum absolute atomic E-state index is 5.92. The van der Waals surface area contributed by atoms with Gasteiger partial charge in [0.15, 0.2) is 11.0 Å². The van der Waals surface area contributed by atoms with Crippen LogP contribution in [0, 0.1) is 27.7 Å². The summed E-state index contributed by atoms with van der Waals surface area (Å²) in [7, 11) is 0. The standard InChI is InChI=1S/C11H13ClN4/c1-6-5-7(2)16(15-6)11-9(4)8(3)10(12)13-14-11/h5H,1-4H3. The molecule has 0 saturated carbocycles. The van der Waals surface area contributed by atoms with Gasteiger partial charge in [-0.05, 0) is 39.3 Å². The molecule has 0 fully saturated rings. The molecule has 5 heteroatoms. The summed E-state index contributed by atoms with van der Waals surface area (Å²) < 4.78 is 1.79. The second kappa shape index (κ2) is 3.87. The Kier molecular flexibility index (Phi) is 2.68. The Morgan fingerprint density at radius 1 is 1.06 bits per heavy atom. The average Bonchev–Trinajstić information content (AvgIpc) is 2.55. The van der Waals surface area contributed by atoms with Gasteiger partial charge in [-0.1, -0.05) is 11.6 Å². The Morgan fingerprint density at radius 2 is 1.75 bits per heavy atom. The molecule has 2 aromatic heterocycles. The molecule has 0 aliphatic rings. The van der Waals surface area contributed by atoms with E-state index in [-0.39, 0.29) is 0 Å². The second-order valence-electron chi connectivity index (χ2n) is 3.90. The molecule has 84 valence electrons. The van der Waals surface area contributed by atoms with Crippen LogP contribution in [-0.2, 0) is 0 Å². The zero-order valence-electron chi connectivity index (χ0n) is 9.74. The van der Waals surface area contributed by atoms with Gasteiger partial charge in [-0.3, -0.25) is 0 Å². The third-order valence-electron chi connectivity index (χ3n) is 2.65. The average molecular weight is 237 g/mol. The van der Waals surface area contributed by atoms with Gasteiger partial charge in [0.1, 0.15) is 0 Å². The van der Waals surface area contributed by atoms with Crippen molar-refractivity contribution in [3.63, 3.8) is 0 Å². The van der Waals surface area contributed by atoms with E-state index in [4.69, 9.17) is 11.6 Å². The van der Waals surface area contributed by atoms with Crippen LogP contribution in [0.3, 0.4) is 0 Å². The number of aromatic nitrogens is 4. The molecule has 0 aliphatic heterocycles. The molecule has 0 N–H and O–H groups in total. The van der Waals surface area contributed by atoms with Crippen molar-refractivity contribution in [2.24, 2.45) is 0 Å². The second-order valence-corrected chi connectivity index (χ2v) is 4.26. The molecule has 0 saturated heterocycles. The highest BCUT2D eigenvalue weighted by Crippen LogP contribution is 2.20. The summed E-state index contributed by atoms with van der Waals surface area (Å²) >= 11 is 5.92. The van der Waals surface area contributed by atoms with Crippen molar-refractivity contribution in [1.82, 2.24) is 20.0 Å². The first-order chi connectivity index (χ1) is 7.50. The fourth-order valence-corrected chi connectivity index (χ4v) is 1.79. The van der Waals surface area contributed by atoms with E-state index in [1.807, 2.05) is 33.8 Å². The number of hydrogen-bond acceptors (Lipinski definition) is 3. The van der Waals surface area contributed by atoms with E-state index in [1.165, 1.54) is 0 Å². The highest BCUT2D eigenvalue weighted by Gasteiger charge is 2.12. The maximum Gasteiger partial charge on any atom is 0.179 e. The third-order valence-corrected chi connectivity index (χ3v) is 3.01. The van der Waals surface area contributed by atoms with Crippen LogP contribution >= 0.6 is 11.6 Å². The van der Waals surface area contributed by atoms with E-state index >= 15 is 0 Å². The monoisotopic (exact) mass is 236 g/mol. The number of halogens is 1. The van der Waals surface area contributed by atoms with Crippen LogP contribution in [0.1, 0.15) is 22.5 Å². The summed E-state index contributed by atoms with van der Waals surface area (Å²) in [6.07, 6.45) is 0. The van der Waals surface area contributed by atoms with Crippen molar-refractivity contribution in [3.05, 3.63) is 33.7 Å². The molecule has 0 radical (unpaired) electrons. The largest absolute Gasteiger partial charge is 0.217 e. The molecule has 0 unspecified atom stereocenters. The fraction of sp³-hybridized carbons (Fsp3) is 0.364. The molecule has 0 bridgehead atoms. The summed E-state index contributed by atoms with van der Waals surface area (Å²) in [5, 5.41) is 12.9. The molecule has 2 heterocycles. The number of nitrogens with zero attached hydrogens (tertiary/aromatic N) is 4. The van der Waals surface area contributed by atoms with E-state index in [1.54, 1.807) is 4.68 Å². The van der Waals surface area contributed by atoms with Crippen molar-refractivity contribution in [3.8, 4) is 5.82 Å². The zero-order valence-corrected chi connectivity index (χ0v) is 10.5. The minimum Gasteiger partial charge on any atom is -0.217 e. The van der Waals surface area contributed by atoms with Crippen molar-refractivity contribution in [2.45, 2.75) is 27.7 Å². The Morgan fingerprint density at radius 3 is 2.31 bits per heavy atom. The van der Waals surface area contributed by atoms with Gasteiger partial charge in [0.2, 0.25) is 0 Å². The SMILES string of the molecule is Cc1cc(C)n(-c2nnc(Cl)c(C)c2C)n1. The van der Waals surface area contributed by atoms with Crippen LogP contribution in [0.25, 0.3) is 5.82 Å². The Bertz CT molecular complexity index is 545. The van der Waals surface area contributed by atoms with Crippen molar-refractivity contribution in [2.75, 3.05) is 0 Å². The van der Waals surface area contributed by atoms with Crippen molar-refractivity contribution < 1.29 is 0 Å². The highest BCUT2D eigenvalue weighted by molar-refractivity contribution is 6.30. The Labute approximate surface area is 99.3 Å². The minimum atomic E-state index is 0.447. The van der Waals surface area contributed by atoms with Crippen LogP contribution in [0.5, 0.6) is 0 Å². The van der Waals surface area contributed by atoms with Crippen LogP contribution in [0.15, 0.2) is 6.07 Å². The molecule has 0 amide bonds. The van der Waals surface area contributed by atoms with Crippen molar-refractivity contribution in [1.29, 1.82) is 0 Å². The topological polar surface area (TPSA) is 43.6 Å². The lowest BCUT2D eigenvalue weighted by atomic mass is 10.2. The molecule has 2 aromatic rings. The van der Waals surface area contributed by atoms with Crippen molar-refractivity contribution >= 4 is 11.6 Å². The van der Waals surface area contributed by atoms with Gasteiger partial charge in [0.25, 0.3) is 0 Å². The molecular formula is C11H13ClN4. The van der Waals surface area contributed by atoms with E-state index in [0.717, 1.165) is 28.3 Å². The Hall–Kier alpha value is -1.42. The van der Waals surface area contributed by atoms with E-state index < -0.39 is 0 Å². The summed E-state index contributed by atoms with van der Waals surface area (Å²) in [4.78, 5) is 0. The van der Waals surface area contributed by atoms with Gasteiger partial charge < -0.3 is 0 Å². The molecule has 2 rings (SSSR count). The quantitative estimate of drug-likeness (QED) is 0.764. The van der Waals surface area contributed by atoms with Crippen LogP contribution < -0.4 is 0 Å². The van der Waals surface area contributed by atoms with Gasteiger partial charge in [-0.2, -0.15) is 5.10 Å². The normalized spacial score (nSPS) is 10.8. The maximum atomic E-state index is 5.92. The fourth-order valence-electron chi connectivity index (χ4n) is 1.61. The predicted octanol–water partition coefficient (Wildman–Crippen LogP) is 2.55. The van der Waals surface area contributed by atoms with E-state index in [0.29, 0.717) is 5.15 Å². The van der Waals surface area contributed by atoms with Crippen LogP contribution in [0.4, 0.5) is 0 Å². The summed E-state index contributed by atoms with van der Waals surface area (Å²) in [6.45, 7) is 7.85. The summed E-state index contributed by atoms with van der Waals surface area (Å²) in [5.74, 6) is 0.743. The van der Waals surface area contributed by atoms with Gasteiger partial charge in [-0.15, -0.1) is 10.2 Å². The highest BCUT2D eigenvalue weighted by atomic mass is 35.5. The van der Waals surface area contributed by atoms with Gasteiger partial charge >= 0.3 is 0 Å². The first-order valence-corrected chi connectivity index (χ1v) is 5.41. The summed E-state index contributed by atoms with van der Waals surface area (Å²) in [6, 6.07) is 2.01. The first-order valence-electron chi connectivity index (χ1n) is 5.03. The van der Waals surface area contributed by atoms with Crippen LogP contribution in [-0.4, -0.2) is 20.0 Å². The molecule has 4 nitrogen and oxygen atoms in total. The first kappa shape index (κ1) is 11.1. The Balaban J connectivity index is 2.65. The van der Waals surface area contributed by atoms with Gasteiger partial charge in [0, 0.05) is 11.3 Å². The summed E-state index contributed by atoms with van der Waals surface area (Å²) in [5.41, 5.74) is 3.95. The van der Waals surface area contributed by atoms with Gasteiger partial charge in [0.05, 0.1) is 5.69 Å². The number of rotatable bonds is 1. The smallest absolute Gasteiger partial charge is 0.179 e. The van der Waals surface area contributed by atoms with E-state index in [2.05, 4.69) is 15.3 Å². The third kappa shape index (κ3) is 1.69. The van der Waals surface area contributed by atoms with Crippen LogP contribution in [0.2, 0.25) is 5.15 Å². The minimum absolute atomic E-state index is 0.447. The lowest BCUT2D eigenvalue weighted by Crippen LogP contribution is -2.07. The molecule has 0 aromatic carbocycles. The number of hydrogen-bond donors (Lipinski definition) is 0. The molecule has 0 spiro atoms. The van der Waals surface area contributed by atoms with E-state index in [9.17, 15) is 0 Å². The number of aryl methyl sites for hydroxylation is 2. The molecule has 0 aliphatic carbocycles. The van der Waals surface area contributed by atoms with Gasteiger partial charge in [-0.25, -0.2) is 4.68 Å². The zero-order chi connectivity index (χ0) is 11.9. The lowest BCUT2D eigenvalue weighted by Gasteiger charge is -2.08. The lowest BCUT2D eigenvalue weighted by molar-refractivity contribution is 0.770. The molecular weight excluding hydrogens is 224 g/mol. The predicted molar refractivity (Wildman–Crippen MR) is 63.1 cm³/mol.